The third-order valence-electron chi connectivity index (χ3n) is 3.17. The Balaban J connectivity index is 2.85. The lowest BCUT2D eigenvalue weighted by Crippen LogP contribution is -2.37. The summed E-state index contributed by atoms with van der Waals surface area (Å²) in [5.41, 5.74) is 2.83. The van der Waals surface area contributed by atoms with Gasteiger partial charge in [-0.15, -0.1) is 27.6 Å². The molecule has 0 amide bonds. The van der Waals surface area contributed by atoms with Crippen LogP contribution < -0.4 is 5.19 Å². The molecule has 1 heteroatoms. The predicted octanol–water partition coefficient (Wildman–Crippen LogP) is 3.72. The van der Waals surface area contributed by atoms with Gasteiger partial charge in [-0.3, -0.25) is 0 Å². The predicted molar refractivity (Wildman–Crippen MR) is 72.0 cm³/mol. The van der Waals surface area contributed by atoms with Crippen molar-refractivity contribution in [2.24, 2.45) is 0 Å². The number of hydrogen-bond acceptors (Lipinski definition) is 0. The maximum atomic E-state index is 2.42. The van der Waals surface area contributed by atoms with Crippen molar-refractivity contribution < 1.29 is 0 Å². The molecule has 2 aromatic rings. The molecule has 80 valence electrons. The van der Waals surface area contributed by atoms with E-state index in [2.05, 4.69) is 57.8 Å². The van der Waals surface area contributed by atoms with Crippen LogP contribution in [0.5, 0.6) is 0 Å². The van der Waals surface area contributed by atoms with Crippen molar-refractivity contribution in [3.05, 3.63) is 35.4 Å². The maximum absolute atomic E-state index is 2.42. The van der Waals surface area contributed by atoms with E-state index in [4.69, 9.17) is 0 Å². The lowest BCUT2D eigenvalue weighted by molar-refractivity contribution is 1.48. The normalized spacial score (nSPS) is 12.3. The SMILES string of the molecule is Cc1ccc(C)c2c1cc[c-]2[Si](C)(C)C. The topological polar surface area (TPSA) is 0 Å². The average Bonchev–Trinajstić information content (AvgIpc) is 2.55. The monoisotopic (exact) mass is 215 g/mol. The van der Waals surface area contributed by atoms with Gasteiger partial charge in [0.2, 0.25) is 0 Å². The zero-order chi connectivity index (χ0) is 11.2. The number of aryl methyl sites for hydroxylation is 2. The zero-order valence-electron chi connectivity index (χ0n) is 10.3. The molecule has 0 aliphatic heterocycles. The molecule has 0 fully saturated rings. The lowest BCUT2D eigenvalue weighted by Gasteiger charge is -2.23. The standard InChI is InChI=1S/C14H19Si/c1-10-6-7-11(2)14-12(10)8-9-13(14)15(3,4)5/h6-9H,1-5H3/q-1. The second-order valence-electron chi connectivity index (χ2n) is 5.49. The highest BCUT2D eigenvalue weighted by Crippen LogP contribution is 2.24. The summed E-state index contributed by atoms with van der Waals surface area (Å²) in [5, 5.41) is 4.58. The molecule has 0 aliphatic rings. The van der Waals surface area contributed by atoms with E-state index in [1.165, 1.54) is 21.9 Å². The summed E-state index contributed by atoms with van der Waals surface area (Å²) in [6, 6.07) is 9.12. The van der Waals surface area contributed by atoms with Gasteiger partial charge >= 0.3 is 0 Å². The lowest BCUT2D eigenvalue weighted by atomic mass is 10.1. The average molecular weight is 215 g/mol. The van der Waals surface area contributed by atoms with E-state index in [9.17, 15) is 0 Å². The van der Waals surface area contributed by atoms with Gasteiger partial charge < -0.3 is 0 Å². The van der Waals surface area contributed by atoms with Crippen LogP contribution in [0.4, 0.5) is 0 Å². The van der Waals surface area contributed by atoms with E-state index < -0.39 is 8.07 Å². The van der Waals surface area contributed by atoms with Crippen LogP contribution in [-0.2, 0) is 0 Å². The Morgan fingerprint density at radius 2 is 1.53 bits per heavy atom. The molecular formula is C14H19Si-. The summed E-state index contributed by atoms with van der Waals surface area (Å²) in [6.45, 7) is 11.7. The molecule has 0 unspecified atom stereocenters. The minimum absolute atomic E-state index is 1.20. The number of fused-ring (bicyclic) bond motifs is 1. The van der Waals surface area contributed by atoms with Crippen LogP contribution in [0.1, 0.15) is 11.1 Å². The molecular weight excluding hydrogens is 196 g/mol. The molecule has 0 N–H and O–H groups in total. The molecule has 2 rings (SSSR count). The molecule has 0 atom stereocenters. The third-order valence-corrected chi connectivity index (χ3v) is 5.20. The molecule has 0 saturated heterocycles. The van der Waals surface area contributed by atoms with Crippen molar-refractivity contribution in [1.82, 2.24) is 0 Å². The second-order valence-corrected chi connectivity index (χ2v) is 10.5. The summed E-state index contributed by atoms with van der Waals surface area (Å²) in [7, 11) is -1.20. The Bertz CT molecular complexity index is 498. The van der Waals surface area contributed by atoms with Crippen LogP contribution in [0.25, 0.3) is 10.8 Å². The first kappa shape index (κ1) is 10.6. The van der Waals surface area contributed by atoms with Crippen molar-refractivity contribution in [3.63, 3.8) is 0 Å². The maximum Gasteiger partial charge on any atom is 0.0289 e. The number of rotatable bonds is 1. The highest BCUT2D eigenvalue weighted by atomic mass is 28.3. The van der Waals surface area contributed by atoms with Crippen molar-refractivity contribution in [2.75, 3.05) is 0 Å². The van der Waals surface area contributed by atoms with Gasteiger partial charge in [-0.05, 0) is 6.92 Å². The van der Waals surface area contributed by atoms with E-state index >= 15 is 0 Å². The van der Waals surface area contributed by atoms with Crippen molar-refractivity contribution in [1.29, 1.82) is 0 Å². The highest BCUT2D eigenvalue weighted by molar-refractivity contribution is 6.90. The molecule has 0 spiro atoms. The van der Waals surface area contributed by atoms with E-state index in [1.807, 2.05) is 0 Å². The van der Waals surface area contributed by atoms with Crippen molar-refractivity contribution in [3.8, 4) is 0 Å². The van der Waals surface area contributed by atoms with E-state index in [0.717, 1.165) is 0 Å². The summed E-state index contributed by atoms with van der Waals surface area (Å²) in [6.07, 6.45) is 0. The zero-order valence-corrected chi connectivity index (χ0v) is 11.3. The Morgan fingerprint density at radius 1 is 0.933 bits per heavy atom. The fourth-order valence-electron chi connectivity index (χ4n) is 2.28. The molecule has 0 heterocycles. The quantitative estimate of drug-likeness (QED) is 0.502. The Hall–Kier alpha value is -0.953. The van der Waals surface area contributed by atoms with Crippen LogP contribution in [0.3, 0.4) is 0 Å². The number of benzene rings is 1. The smallest absolute Gasteiger partial charge is 0.0289 e. The first-order valence-corrected chi connectivity index (χ1v) is 9.07. The minimum Gasteiger partial charge on any atom is -0.168 e. The molecule has 2 aromatic carbocycles. The van der Waals surface area contributed by atoms with Crippen LogP contribution in [0.15, 0.2) is 24.3 Å². The van der Waals surface area contributed by atoms with Gasteiger partial charge in [0.25, 0.3) is 0 Å². The molecule has 15 heavy (non-hydrogen) atoms. The van der Waals surface area contributed by atoms with Crippen LogP contribution in [0.2, 0.25) is 19.6 Å². The van der Waals surface area contributed by atoms with Gasteiger partial charge in [-0.1, -0.05) is 38.2 Å². The Morgan fingerprint density at radius 3 is 2.13 bits per heavy atom. The third kappa shape index (κ3) is 1.65. The fraction of sp³-hybridized carbons (Fsp3) is 0.357. The largest absolute Gasteiger partial charge is 0.168 e. The Kier molecular flexibility index (Phi) is 2.31. The fourth-order valence-corrected chi connectivity index (χ4v) is 3.95. The molecule has 0 aliphatic carbocycles. The van der Waals surface area contributed by atoms with Gasteiger partial charge in [0, 0.05) is 8.07 Å². The first-order valence-electron chi connectivity index (χ1n) is 5.57. The summed E-state index contributed by atoms with van der Waals surface area (Å²) < 4.78 is 0. The van der Waals surface area contributed by atoms with Crippen LogP contribution >= 0.6 is 0 Å². The van der Waals surface area contributed by atoms with Crippen LogP contribution in [0, 0.1) is 13.8 Å². The van der Waals surface area contributed by atoms with Gasteiger partial charge in [-0.2, -0.15) is 12.1 Å². The molecule has 0 radical (unpaired) electrons. The molecule has 0 saturated carbocycles. The van der Waals surface area contributed by atoms with Crippen molar-refractivity contribution >= 4 is 24.0 Å². The highest BCUT2D eigenvalue weighted by Gasteiger charge is 2.14. The van der Waals surface area contributed by atoms with Crippen LogP contribution in [-0.4, -0.2) is 8.07 Å². The molecule has 0 aromatic heterocycles. The molecule has 0 bridgehead atoms. The van der Waals surface area contributed by atoms with Gasteiger partial charge in [0.1, 0.15) is 0 Å². The second kappa shape index (κ2) is 3.27. The van der Waals surface area contributed by atoms with Gasteiger partial charge in [0.05, 0.1) is 0 Å². The minimum atomic E-state index is -1.20. The summed E-state index contributed by atoms with van der Waals surface area (Å²) >= 11 is 0. The van der Waals surface area contributed by atoms with Gasteiger partial charge in [-0.25, -0.2) is 0 Å². The summed E-state index contributed by atoms with van der Waals surface area (Å²) in [5.74, 6) is 0. The number of hydrogen-bond donors (Lipinski definition) is 0. The molecule has 0 nitrogen and oxygen atoms in total. The summed E-state index contributed by atoms with van der Waals surface area (Å²) in [4.78, 5) is 0. The van der Waals surface area contributed by atoms with E-state index in [-0.39, 0.29) is 0 Å². The van der Waals surface area contributed by atoms with Gasteiger partial charge in [0.15, 0.2) is 0 Å². The first-order chi connectivity index (χ1) is 6.91. The van der Waals surface area contributed by atoms with Crippen molar-refractivity contribution in [2.45, 2.75) is 33.5 Å². The van der Waals surface area contributed by atoms with E-state index in [0.29, 0.717) is 0 Å². The van der Waals surface area contributed by atoms with E-state index in [1.54, 1.807) is 5.19 Å². The Labute approximate surface area is 93.3 Å².